The summed E-state index contributed by atoms with van der Waals surface area (Å²) in [4.78, 5) is 15.5. The van der Waals surface area contributed by atoms with Crippen molar-refractivity contribution < 1.29 is 14.3 Å². The van der Waals surface area contributed by atoms with Crippen molar-refractivity contribution in [2.75, 3.05) is 11.1 Å². The molecule has 1 aromatic heterocycles. The number of carbonyl (C=O) groups is 1. The van der Waals surface area contributed by atoms with Gasteiger partial charge in [-0.15, -0.1) is 0 Å². The molecular formula is C12H10FN3O2. The fraction of sp³-hybridized carbons (Fsp3) is 0. The molecule has 6 heteroatoms. The third-order valence-electron chi connectivity index (χ3n) is 2.33. The van der Waals surface area contributed by atoms with Crippen molar-refractivity contribution in [3.8, 4) is 5.75 Å². The van der Waals surface area contributed by atoms with Crippen LogP contribution < -0.4 is 11.1 Å². The van der Waals surface area contributed by atoms with Crippen LogP contribution in [0.4, 0.5) is 15.8 Å². The van der Waals surface area contributed by atoms with Crippen LogP contribution in [0.15, 0.2) is 36.7 Å². The molecule has 0 spiro atoms. The Morgan fingerprint density at radius 2 is 2.17 bits per heavy atom. The van der Waals surface area contributed by atoms with Crippen molar-refractivity contribution in [3.63, 3.8) is 0 Å². The molecule has 0 atom stereocenters. The average molecular weight is 247 g/mol. The van der Waals surface area contributed by atoms with E-state index in [-0.39, 0.29) is 22.7 Å². The molecular weight excluding hydrogens is 237 g/mol. The SMILES string of the molecule is Nc1cccc(F)c1NC(=O)c1ccncc1O. The number of para-hydroxylation sites is 1. The Morgan fingerprint density at radius 1 is 1.39 bits per heavy atom. The Kier molecular flexibility index (Phi) is 3.09. The van der Waals surface area contributed by atoms with Crippen LogP contribution in [-0.2, 0) is 0 Å². The summed E-state index contributed by atoms with van der Waals surface area (Å²) in [5.41, 5.74) is 5.55. The zero-order valence-corrected chi connectivity index (χ0v) is 9.22. The van der Waals surface area contributed by atoms with Crippen LogP contribution in [0.2, 0.25) is 0 Å². The van der Waals surface area contributed by atoms with Crippen molar-refractivity contribution in [1.29, 1.82) is 0 Å². The predicted octanol–water partition coefficient (Wildman–Crippen LogP) is 1.76. The Bertz CT molecular complexity index is 581. The zero-order valence-electron chi connectivity index (χ0n) is 9.22. The van der Waals surface area contributed by atoms with Crippen LogP contribution >= 0.6 is 0 Å². The fourth-order valence-corrected chi connectivity index (χ4v) is 1.43. The summed E-state index contributed by atoms with van der Waals surface area (Å²) in [7, 11) is 0. The molecule has 0 fully saturated rings. The number of nitrogen functional groups attached to an aromatic ring is 1. The third-order valence-corrected chi connectivity index (χ3v) is 2.33. The molecule has 4 N–H and O–H groups in total. The summed E-state index contributed by atoms with van der Waals surface area (Å²) in [5, 5.41) is 11.8. The minimum Gasteiger partial charge on any atom is -0.505 e. The number of amides is 1. The molecule has 0 unspecified atom stereocenters. The van der Waals surface area contributed by atoms with Gasteiger partial charge in [0, 0.05) is 6.20 Å². The quantitative estimate of drug-likeness (QED) is 0.705. The summed E-state index contributed by atoms with van der Waals surface area (Å²) in [5.74, 6) is -1.59. The van der Waals surface area contributed by atoms with E-state index in [0.29, 0.717) is 0 Å². The highest BCUT2D eigenvalue weighted by molar-refractivity contribution is 6.07. The lowest BCUT2D eigenvalue weighted by Gasteiger charge is -2.09. The fourth-order valence-electron chi connectivity index (χ4n) is 1.43. The molecule has 0 aliphatic rings. The molecule has 0 aliphatic heterocycles. The van der Waals surface area contributed by atoms with Crippen LogP contribution in [0.5, 0.6) is 5.75 Å². The van der Waals surface area contributed by atoms with Gasteiger partial charge < -0.3 is 16.2 Å². The number of aromatic nitrogens is 1. The molecule has 0 saturated carbocycles. The van der Waals surface area contributed by atoms with Gasteiger partial charge in [0.15, 0.2) is 0 Å². The number of nitrogens with one attached hydrogen (secondary N) is 1. The van der Waals surface area contributed by atoms with Gasteiger partial charge in [0.1, 0.15) is 17.3 Å². The van der Waals surface area contributed by atoms with Crippen molar-refractivity contribution in [2.45, 2.75) is 0 Å². The van der Waals surface area contributed by atoms with E-state index in [1.165, 1.54) is 30.5 Å². The first-order valence-electron chi connectivity index (χ1n) is 5.08. The van der Waals surface area contributed by atoms with Gasteiger partial charge in [-0.3, -0.25) is 9.78 Å². The summed E-state index contributed by atoms with van der Waals surface area (Å²) in [6, 6.07) is 5.40. The number of pyridine rings is 1. The Labute approximate surface area is 102 Å². The maximum absolute atomic E-state index is 13.5. The second-order valence-electron chi connectivity index (χ2n) is 3.55. The van der Waals surface area contributed by atoms with Gasteiger partial charge in [-0.25, -0.2) is 4.39 Å². The molecule has 1 amide bonds. The van der Waals surface area contributed by atoms with Crippen molar-refractivity contribution in [1.82, 2.24) is 4.98 Å². The minimum absolute atomic E-state index is 0.00680. The Morgan fingerprint density at radius 3 is 2.83 bits per heavy atom. The number of aromatic hydroxyl groups is 1. The molecule has 0 aliphatic carbocycles. The van der Waals surface area contributed by atoms with E-state index in [9.17, 15) is 14.3 Å². The standard InChI is InChI=1S/C12H10FN3O2/c13-8-2-1-3-9(14)11(8)16-12(18)7-4-5-15-6-10(7)17/h1-6,17H,14H2,(H,16,18). The lowest BCUT2D eigenvalue weighted by molar-refractivity contribution is 0.102. The molecule has 0 saturated heterocycles. The van der Waals surface area contributed by atoms with Crippen LogP contribution in [0.3, 0.4) is 0 Å². The van der Waals surface area contributed by atoms with Gasteiger partial charge in [0.2, 0.25) is 0 Å². The van der Waals surface area contributed by atoms with E-state index in [2.05, 4.69) is 10.3 Å². The van der Waals surface area contributed by atoms with Gasteiger partial charge in [-0.05, 0) is 18.2 Å². The molecule has 1 heterocycles. The normalized spacial score (nSPS) is 10.1. The van der Waals surface area contributed by atoms with E-state index in [1.807, 2.05) is 0 Å². The highest BCUT2D eigenvalue weighted by atomic mass is 19.1. The Hall–Kier alpha value is -2.63. The summed E-state index contributed by atoms with van der Waals surface area (Å²) in [6.07, 6.45) is 2.47. The molecule has 1 aromatic carbocycles. The zero-order chi connectivity index (χ0) is 13.1. The molecule has 2 rings (SSSR count). The van der Waals surface area contributed by atoms with E-state index in [4.69, 9.17) is 5.73 Å². The highest BCUT2D eigenvalue weighted by Crippen LogP contribution is 2.23. The number of hydrogen-bond acceptors (Lipinski definition) is 4. The van der Waals surface area contributed by atoms with Crippen LogP contribution in [0.25, 0.3) is 0 Å². The third kappa shape index (κ3) is 2.22. The number of rotatable bonds is 2. The first-order chi connectivity index (χ1) is 8.59. The second kappa shape index (κ2) is 4.70. The minimum atomic E-state index is -0.660. The largest absolute Gasteiger partial charge is 0.505 e. The average Bonchev–Trinajstić information content (AvgIpc) is 2.34. The molecule has 2 aromatic rings. The summed E-state index contributed by atoms with van der Waals surface area (Å²) in [6.45, 7) is 0. The van der Waals surface area contributed by atoms with Gasteiger partial charge >= 0.3 is 0 Å². The number of halogens is 1. The lowest BCUT2D eigenvalue weighted by Crippen LogP contribution is -2.14. The van der Waals surface area contributed by atoms with Gasteiger partial charge in [0.25, 0.3) is 5.91 Å². The summed E-state index contributed by atoms with van der Waals surface area (Å²) < 4.78 is 13.5. The summed E-state index contributed by atoms with van der Waals surface area (Å²) >= 11 is 0. The maximum Gasteiger partial charge on any atom is 0.259 e. The lowest BCUT2D eigenvalue weighted by atomic mass is 10.2. The number of benzene rings is 1. The number of hydrogen-bond donors (Lipinski definition) is 3. The predicted molar refractivity (Wildman–Crippen MR) is 64.7 cm³/mol. The van der Waals surface area contributed by atoms with Crippen LogP contribution in [0.1, 0.15) is 10.4 Å². The highest BCUT2D eigenvalue weighted by Gasteiger charge is 2.14. The molecule has 18 heavy (non-hydrogen) atoms. The van der Waals surface area contributed by atoms with E-state index in [1.54, 1.807) is 0 Å². The van der Waals surface area contributed by atoms with Crippen LogP contribution in [-0.4, -0.2) is 16.0 Å². The molecule has 0 bridgehead atoms. The number of nitrogens with zero attached hydrogens (tertiary/aromatic N) is 1. The topological polar surface area (TPSA) is 88.2 Å². The number of carbonyl (C=O) groups excluding carboxylic acids is 1. The van der Waals surface area contributed by atoms with Gasteiger partial charge in [-0.1, -0.05) is 6.07 Å². The first kappa shape index (κ1) is 11.8. The molecule has 5 nitrogen and oxygen atoms in total. The van der Waals surface area contributed by atoms with Crippen molar-refractivity contribution >= 4 is 17.3 Å². The Balaban J connectivity index is 2.30. The maximum atomic E-state index is 13.5. The smallest absolute Gasteiger partial charge is 0.259 e. The van der Waals surface area contributed by atoms with E-state index >= 15 is 0 Å². The van der Waals surface area contributed by atoms with Crippen molar-refractivity contribution in [2.24, 2.45) is 0 Å². The van der Waals surface area contributed by atoms with E-state index in [0.717, 1.165) is 6.20 Å². The van der Waals surface area contributed by atoms with Crippen molar-refractivity contribution in [3.05, 3.63) is 48.0 Å². The second-order valence-corrected chi connectivity index (χ2v) is 3.55. The van der Waals surface area contributed by atoms with Gasteiger partial charge in [-0.2, -0.15) is 0 Å². The number of nitrogens with two attached hydrogens (primary N) is 1. The monoisotopic (exact) mass is 247 g/mol. The molecule has 0 radical (unpaired) electrons. The van der Waals surface area contributed by atoms with Crippen LogP contribution in [0, 0.1) is 5.82 Å². The first-order valence-corrected chi connectivity index (χ1v) is 5.08. The molecule has 92 valence electrons. The number of anilines is 2. The van der Waals surface area contributed by atoms with Gasteiger partial charge in [0.05, 0.1) is 17.4 Å². The van der Waals surface area contributed by atoms with E-state index < -0.39 is 11.7 Å².